The van der Waals surface area contributed by atoms with Gasteiger partial charge in [-0.1, -0.05) is 19.9 Å². The van der Waals surface area contributed by atoms with Crippen LogP contribution < -0.4 is 20.3 Å². The fourth-order valence-corrected chi connectivity index (χ4v) is 4.51. The number of carbonyl (C=O) groups excluding carboxylic acids is 1. The van der Waals surface area contributed by atoms with E-state index in [1.165, 1.54) is 4.68 Å². The van der Waals surface area contributed by atoms with Crippen LogP contribution in [-0.4, -0.2) is 33.3 Å². The van der Waals surface area contributed by atoms with Crippen molar-refractivity contribution >= 4 is 22.5 Å². The van der Waals surface area contributed by atoms with Gasteiger partial charge in [0, 0.05) is 18.6 Å². The van der Waals surface area contributed by atoms with Crippen LogP contribution >= 0.6 is 0 Å². The number of hydrogen-bond donors (Lipinski definition) is 1. The Hall–Kier alpha value is -3.75. The van der Waals surface area contributed by atoms with E-state index in [4.69, 9.17) is 13.9 Å². The second-order valence-corrected chi connectivity index (χ2v) is 8.55. The number of hydrogen-bond acceptors (Lipinski definition) is 6. The Morgan fingerprint density at radius 2 is 1.88 bits per heavy atom. The minimum Gasteiger partial charge on any atom is -0.486 e. The normalized spacial score (nSPS) is 14.9. The quantitative estimate of drug-likeness (QED) is 0.467. The van der Waals surface area contributed by atoms with Crippen LogP contribution in [0.15, 0.2) is 39.5 Å². The molecule has 4 aromatic rings. The molecule has 1 amide bonds. The van der Waals surface area contributed by atoms with Gasteiger partial charge >= 0.3 is 0 Å². The summed E-state index contributed by atoms with van der Waals surface area (Å²) in [7, 11) is 0. The standard InChI is InChI=1S/C25H28N4O5/c1-5-17(24(30)26-15(4)16-7-8-20-22(12-16)33-10-9-32-20)29-25(31)19-13-21-18(11-14(3)34-21)28(19)23(6-2)27-29/h7-8,11-13,15,17H,5-6,9-10H2,1-4H3,(H,26,30)/t15-,17-/m1/s1. The first-order valence-electron chi connectivity index (χ1n) is 11.6. The molecule has 34 heavy (non-hydrogen) atoms. The van der Waals surface area contributed by atoms with Crippen molar-refractivity contribution < 1.29 is 18.7 Å². The highest BCUT2D eigenvalue weighted by atomic mass is 16.6. The highest BCUT2D eigenvalue weighted by Gasteiger charge is 2.26. The molecule has 0 saturated heterocycles. The van der Waals surface area contributed by atoms with E-state index in [1.54, 1.807) is 6.07 Å². The van der Waals surface area contributed by atoms with Gasteiger partial charge in [-0.3, -0.25) is 14.0 Å². The van der Waals surface area contributed by atoms with E-state index in [0.717, 1.165) is 16.8 Å². The maximum absolute atomic E-state index is 13.4. The summed E-state index contributed by atoms with van der Waals surface area (Å²) in [5.74, 6) is 2.56. The number of carbonyl (C=O) groups is 1. The molecular formula is C25H28N4O5. The van der Waals surface area contributed by atoms with E-state index in [-0.39, 0.29) is 17.5 Å². The van der Waals surface area contributed by atoms with Gasteiger partial charge in [-0.05, 0) is 38.0 Å². The Morgan fingerprint density at radius 1 is 1.12 bits per heavy atom. The highest BCUT2D eigenvalue weighted by molar-refractivity contribution is 5.84. The molecule has 5 rings (SSSR count). The molecule has 9 heteroatoms. The number of aryl methyl sites for hydroxylation is 2. The van der Waals surface area contributed by atoms with Gasteiger partial charge in [-0.25, -0.2) is 4.68 Å². The SMILES string of the molecule is CCc1nn([C@H](CC)C(=O)N[C@H](C)c2ccc3c(c2)OCCO3)c(=O)c2cc3oc(C)cc3n12. The molecule has 0 fully saturated rings. The van der Waals surface area contributed by atoms with E-state index >= 15 is 0 Å². The molecule has 0 bridgehead atoms. The van der Waals surface area contributed by atoms with Crippen molar-refractivity contribution in [1.82, 2.24) is 19.5 Å². The average molecular weight is 465 g/mol. The minimum absolute atomic E-state index is 0.267. The lowest BCUT2D eigenvalue weighted by Crippen LogP contribution is -2.40. The third-order valence-corrected chi connectivity index (χ3v) is 6.25. The molecule has 1 aliphatic heterocycles. The summed E-state index contributed by atoms with van der Waals surface area (Å²) < 4.78 is 20.1. The van der Waals surface area contributed by atoms with E-state index in [0.29, 0.717) is 54.5 Å². The number of aromatic nitrogens is 3. The number of nitrogens with one attached hydrogen (secondary N) is 1. The van der Waals surface area contributed by atoms with Gasteiger partial charge in [0.2, 0.25) is 5.91 Å². The molecular weight excluding hydrogens is 436 g/mol. The molecule has 0 spiro atoms. The Labute approximate surface area is 196 Å². The van der Waals surface area contributed by atoms with Crippen LogP contribution in [0.1, 0.15) is 56.4 Å². The van der Waals surface area contributed by atoms with Crippen molar-refractivity contribution in [3.05, 3.63) is 57.8 Å². The van der Waals surface area contributed by atoms with Crippen LogP contribution in [0.25, 0.3) is 16.6 Å². The van der Waals surface area contributed by atoms with Crippen LogP contribution in [0.3, 0.4) is 0 Å². The molecule has 1 N–H and O–H groups in total. The molecule has 9 nitrogen and oxygen atoms in total. The molecule has 3 aromatic heterocycles. The third-order valence-electron chi connectivity index (χ3n) is 6.25. The smallest absolute Gasteiger partial charge is 0.291 e. The van der Waals surface area contributed by atoms with Crippen LogP contribution in [-0.2, 0) is 11.2 Å². The van der Waals surface area contributed by atoms with Crippen molar-refractivity contribution in [3.8, 4) is 11.5 Å². The molecule has 0 radical (unpaired) electrons. The Morgan fingerprint density at radius 3 is 2.62 bits per heavy atom. The molecule has 1 aliphatic rings. The lowest BCUT2D eigenvalue weighted by Gasteiger charge is -2.23. The van der Waals surface area contributed by atoms with Gasteiger partial charge in [0.15, 0.2) is 17.1 Å². The summed E-state index contributed by atoms with van der Waals surface area (Å²) in [6, 6.07) is 8.22. The van der Waals surface area contributed by atoms with Crippen molar-refractivity contribution in [1.29, 1.82) is 0 Å². The van der Waals surface area contributed by atoms with Gasteiger partial charge in [0.1, 0.15) is 36.4 Å². The maximum Gasteiger partial charge on any atom is 0.291 e. The van der Waals surface area contributed by atoms with Gasteiger partial charge in [0.25, 0.3) is 5.56 Å². The zero-order valence-electron chi connectivity index (χ0n) is 19.8. The lowest BCUT2D eigenvalue weighted by atomic mass is 10.1. The van der Waals surface area contributed by atoms with Crippen molar-refractivity contribution in [2.45, 2.75) is 52.6 Å². The minimum atomic E-state index is -0.745. The predicted molar refractivity (Wildman–Crippen MR) is 127 cm³/mol. The van der Waals surface area contributed by atoms with Crippen molar-refractivity contribution in [2.75, 3.05) is 13.2 Å². The summed E-state index contributed by atoms with van der Waals surface area (Å²) in [6.07, 6.45) is 1.01. The summed E-state index contributed by atoms with van der Waals surface area (Å²) in [5, 5.41) is 7.64. The largest absolute Gasteiger partial charge is 0.486 e. The van der Waals surface area contributed by atoms with Crippen LogP contribution in [0, 0.1) is 6.92 Å². The van der Waals surface area contributed by atoms with Crippen molar-refractivity contribution in [2.24, 2.45) is 0 Å². The number of nitrogens with zero attached hydrogens (tertiary/aromatic N) is 3. The summed E-state index contributed by atoms with van der Waals surface area (Å²) in [6.45, 7) is 8.63. The first-order valence-corrected chi connectivity index (χ1v) is 11.6. The van der Waals surface area contributed by atoms with Gasteiger partial charge < -0.3 is 19.2 Å². The number of ether oxygens (including phenoxy) is 2. The molecule has 1 aromatic carbocycles. The number of amides is 1. The van der Waals surface area contributed by atoms with Crippen molar-refractivity contribution in [3.63, 3.8) is 0 Å². The average Bonchev–Trinajstić information content (AvgIpc) is 3.37. The molecule has 0 aliphatic carbocycles. The second-order valence-electron chi connectivity index (χ2n) is 8.55. The first-order chi connectivity index (χ1) is 16.4. The fourth-order valence-electron chi connectivity index (χ4n) is 4.51. The monoisotopic (exact) mass is 464 g/mol. The van der Waals surface area contributed by atoms with E-state index in [9.17, 15) is 9.59 Å². The highest BCUT2D eigenvalue weighted by Crippen LogP contribution is 2.32. The molecule has 4 heterocycles. The van der Waals surface area contributed by atoms with E-state index < -0.39 is 6.04 Å². The van der Waals surface area contributed by atoms with Crippen LogP contribution in [0.5, 0.6) is 11.5 Å². The fraction of sp³-hybridized carbons (Fsp3) is 0.400. The predicted octanol–water partition coefficient (Wildman–Crippen LogP) is 3.71. The molecule has 0 saturated carbocycles. The van der Waals surface area contributed by atoms with Crippen LogP contribution in [0.2, 0.25) is 0 Å². The summed E-state index contributed by atoms with van der Waals surface area (Å²) in [5.41, 5.74) is 2.46. The molecule has 178 valence electrons. The number of fused-ring (bicyclic) bond motifs is 4. The Balaban J connectivity index is 1.47. The molecule has 2 atom stereocenters. The Bertz CT molecular complexity index is 1450. The van der Waals surface area contributed by atoms with Gasteiger partial charge in [-0.15, -0.1) is 0 Å². The zero-order chi connectivity index (χ0) is 24.0. The zero-order valence-corrected chi connectivity index (χ0v) is 19.8. The van der Waals surface area contributed by atoms with E-state index in [2.05, 4.69) is 10.4 Å². The Kier molecular flexibility index (Phi) is 5.55. The number of furan rings is 1. The first kappa shape index (κ1) is 22.1. The number of rotatable bonds is 6. The van der Waals surface area contributed by atoms with Crippen LogP contribution in [0.4, 0.5) is 0 Å². The number of benzene rings is 1. The lowest BCUT2D eigenvalue weighted by molar-refractivity contribution is -0.125. The second kappa shape index (κ2) is 8.55. The van der Waals surface area contributed by atoms with Gasteiger partial charge in [-0.2, -0.15) is 5.10 Å². The maximum atomic E-state index is 13.4. The summed E-state index contributed by atoms with van der Waals surface area (Å²) in [4.78, 5) is 26.7. The van der Waals surface area contributed by atoms with E-state index in [1.807, 2.05) is 56.4 Å². The summed E-state index contributed by atoms with van der Waals surface area (Å²) >= 11 is 0. The topological polar surface area (TPSA) is 100 Å². The van der Waals surface area contributed by atoms with Gasteiger partial charge in [0.05, 0.1) is 11.6 Å². The third kappa shape index (κ3) is 3.61. The molecule has 0 unspecified atom stereocenters.